The summed E-state index contributed by atoms with van der Waals surface area (Å²) in [6.45, 7) is 7.41. The number of nitrogens with one attached hydrogen (secondary N) is 2. The second-order valence-electron chi connectivity index (χ2n) is 5.99. The van der Waals surface area contributed by atoms with Gasteiger partial charge in [0.05, 0.1) is 5.25 Å². The third-order valence-corrected chi connectivity index (χ3v) is 5.83. The molecule has 0 saturated heterocycles. The Balaban J connectivity index is 1.96. The molecule has 6 nitrogen and oxygen atoms in total. The van der Waals surface area contributed by atoms with Crippen LogP contribution in [0.3, 0.4) is 0 Å². The van der Waals surface area contributed by atoms with Crippen molar-refractivity contribution in [1.29, 1.82) is 0 Å². The Labute approximate surface area is 131 Å². The molecule has 2 amide bonds. The highest BCUT2D eigenvalue weighted by molar-refractivity contribution is 7.90. The minimum Gasteiger partial charge on any atom is -0.344 e. The molecule has 7 heteroatoms. The van der Waals surface area contributed by atoms with Gasteiger partial charge < -0.3 is 5.32 Å². The highest BCUT2D eigenvalue weighted by atomic mass is 32.2. The van der Waals surface area contributed by atoms with Gasteiger partial charge in [-0.2, -0.15) is 0 Å². The molecule has 2 saturated carbocycles. The fraction of sp³-hybridized carbons (Fsp3) is 0.600. The molecule has 2 rings (SSSR count). The Bertz CT molecular complexity index is 593. The van der Waals surface area contributed by atoms with Gasteiger partial charge >= 0.3 is 0 Å². The van der Waals surface area contributed by atoms with Crippen molar-refractivity contribution in [3.05, 3.63) is 24.8 Å². The second kappa shape index (κ2) is 6.64. The van der Waals surface area contributed by atoms with E-state index in [2.05, 4.69) is 23.2 Å². The van der Waals surface area contributed by atoms with E-state index in [1.54, 1.807) is 0 Å². The molecule has 2 atom stereocenters. The molecule has 122 valence electrons. The largest absolute Gasteiger partial charge is 0.344 e. The summed E-state index contributed by atoms with van der Waals surface area (Å²) < 4.78 is 25.7. The summed E-state index contributed by atoms with van der Waals surface area (Å²) in [5.74, 6) is -1.12. The van der Waals surface area contributed by atoms with E-state index in [0.717, 1.165) is 12.0 Å². The van der Waals surface area contributed by atoms with Gasteiger partial charge in [-0.05, 0) is 38.5 Å². The maximum atomic E-state index is 12.2. The lowest BCUT2D eigenvalue weighted by Crippen LogP contribution is -2.50. The van der Waals surface area contributed by atoms with E-state index in [1.807, 2.05) is 0 Å². The number of rotatable bonds is 7. The standard InChI is InChI=1S/C15H22N2O4S/c1-3-4-13(15(19)17-22(20,21)12-7-8-12)16-14(18)11-6-5-10(2)9-11/h3,11-13H,1-2,4-9H2,(H,16,18)(H,17,19)/t11-,13+/m0/s1. The number of allylic oxidation sites excluding steroid dienone is 1. The minimum absolute atomic E-state index is 0.186. The molecule has 0 radical (unpaired) electrons. The molecule has 2 aliphatic carbocycles. The smallest absolute Gasteiger partial charge is 0.256 e. The molecule has 0 spiro atoms. The van der Waals surface area contributed by atoms with Gasteiger partial charge in [0, 0.05) is 5.92 Å². The van der Waals surface area contributed by atoms with E-state index in [0.29, 0.717) is 25.7 Å². The highest BCUT2D eigenvalue weighted by Crippen LogP contribution is 2.29. The molecule has 0 bridgehead atoms. The van der Waals surface area contributed by atoms with E-state index in [-0.39, 0.29) is 18.2 Å². The quantitative estimate of drug-likeness (QED) is 0.683. The maximum absolute atomic E-state index is 12.2. The number of hydrogen-bond donors (Lipinski definition) is 2. The number of hydrogen-bond acceptors (Lipinski definition) is 4. The SMILES string of the molecule is C=CC[C@@H](NC(=O)[C@H]1CCC(=C)C1)C(=O)NS(=O)(=O)C1CC1. The van der Waals surface area contributed by atoms with Gasteiger partial charge in [0.15, 0.2) is 0 Å². The van der Waals surface area contributed by atoms with E-state index < -0.39 is 27.2 Å². The first kappa shape index (κ1) is 16.7. The summed E-state index contributed by atoms with van der Waals surface area (Å²) in [7, 11) is -3.61. The van der Waals surface area contributed by atoms with Crippen molar-refractivity contribution in [1.82, 2.24) is 10.0 Å². The summed E-state index contributed by atoms with van der Waals surface area (Å²) in [6, 6.07) is -0.910. The third-order valence-electron chi connectivity index (χ3n) is 3.99. The predicted molar refractivity (Wildman–Crippen MR) is 83.3 cm³/mol. The van der Waals surface area contributed by atoms with Crippen molar-refractivity contribution < 1.29 is 18.0 Å². The zero-order valence-corrected chi connectivity index (χ0v) is 13.3. The fourth-order valence-corrected chi connectivity index (χ4v) is 3.86. The summed E-state index contributed by atoms with van der Waals surface area (Å²) in [5, 5.41) is 2.16. The molecule has 0 aromatic rings. The summed E-state index contributed by atoms with van der Waals surface area (Å²) in [5.41, 5.74) is 1.03. The molecule has 2 fully saturated rings. The average Bonchev–Trinajstić information content (AvgIpc) is 3.21. The Morgan fingerprint density at radius 1 is 1.32 bits per heavy atom. The van der Waals surface area contributed by atoms with Crippen molar-refractivity contribution >= 4 is 21.8 Å². The number of sulfonamides is 1. The lowest BCUT2D eigenvalue weighted by atomic mass is 10.1. The molecule has 0 aromatic carbocycles. The minimum atomic E-state index is -3.61. The lowest BCUT2D eigenvalue weighted by Gasteiger charge is -2.19. The van der Waals surface area contributed by atoms with Gasteiger partial charge in [-0.15, -0.1) is 6.58 Å². The first-order valence-electron chi connectivity index (χ1n) is 7.47. The molecule has 2 N–H and O–H groups in total. The first-order chi connectivity index (χ1) is 10.3. The van der Waals surface area contributed by atoms with Crippen LogP contribution >= 0.6 is 0 Å². The van der Waals surface area contributed by atoms with E-state index in [9.17, 15) is 18.0 Å². The Morgan fingerprint density at radius 2 is 2.00 bits per heavy atom. The molecule has 0 unspecified atom stereocenters. The third kappa shape index (κ3) is 4.19. The van der Waals surface area contributed by atoms with Crippen molar-refractivity contribution in [2.45, 2.75) is 49.8 Å². The Morgan fingerprint density at radius 3 is 2.50 bits per heavy atom. The molecule has 0 heterocycles. The molecular weight excluding hydrogens is 304 g/mol. The van der Waals surface area contributed by atoms with Crippen LogP contribution in [0.2, 0.25) is 0 Å². The van der Waals surface area contributed by atoms with Gasteiger partial charge in [0.2, 0.25) is 15.9 Å². The number of amides is 2. The van der Waals surface area contributed by atoms with Crippen LogP contribution in [0.5, 0.6) is 0 Å². The van der Waals surface area contributed by atoms with Gasteiger partial charge in [0.1, 0.15) is 6.04 Å². The monoisotopic (exact) mass is 326 g/mol. The summed E-state index contributed by atoms with van der Waals surface area (Å²) in [4.78, 5) is 24.3. The zero-order valence-electron chi connectivity index (χ0n) is 12.5. The zero-order chi connectivity index (χ0) is 16.3. The highest BCUT2D eigenvalue weighted by Gasteiger charge is 2.38. The normalized spacial score (nSPS) is 22.9. The van der Waals surface area contributed by atoms with E-state index in [1.165, 1.54) is 6.08 Å². The van der Waals surface area contributed by atoms with E-state index >= 15 is 0 Å². The van der Waals surface area contributed by atoms with Crippen molar-refractivity contribution in [2.24, 2.45) is 5.92 Å². The van der Waals surface area contributed by atoms with Crippen molar-refractivity contribution in [2.75, 3.05) is 0 Å². The number of carbonyl (C=O) groups is 2. The van der Waals surface area contributed by atoms with Crippen LogP contribution in [0.15, 0.2) is 24.8 Å². The molecular formula is C15H22N2O4S. The predicted octanol–water partition coefficient (Wildman–Crippen LogP) is 1.01. The van der Waals surface area contributed by atoms with Gasteiger partial charge in [-0.1, -0.05) is 18.2 Å². The fourth-order valence-electron chi connectivity index (χ4n) is 2.52. The topological polar surface area (TPSA) is 92.3 Å². The first-order valence-corrected chi connectivity index (χ1v) is 9.01. The van der Waals surface area contributed by atoms with Crippen LogP contribution in [0.4, 0.5) is 0 Å². The van der Waals surface area contributed by atoms with Crippen LogP contribution in [0.1, 0.15) is 38.5 Å². The van der Waals surface area contributed by atoms with Crippen LogP contribution in [0.25, 0.3) is 0 Å². The summed E-state index contributed by atoms with van der Waals surface area (Å²) >= 11 is 0. The van der Waals surface area contributed by atoms with Crippen LogP contribution in [-0.4, -0.2) is 31.5 Å². The average molecular weight is 326 g/mol. The molecule has 2 aliphatic rings. The van der Waals surface area contributed by atoms with Crippen LogP contribution in [-0.2, 0) is 19.6 Å². The van der Waals surface area contributed by atoms with Crippen LogP contribution in [0, 0.1) is 5.92 Å². The Hall–Kier alpha value is -1.63. The second-order valence-corrected chi connectivity index (χ2v) is 7.95. The number of carbonyl (C=O) groups excluding carboxylic acids is 2. The summed E-state index contributed by atoms with van der Waals surface area (Å²) in [6.07, 6.45) is 4.97. The van der Waals surface area contributed by atoms with Gasteiger partial charge in [0.25, 0.3) is 5.91 Å². The molecule has 0 aromatic heterocycles. The van der Waals surface area contributed by atoms with Gasteiger partial charge in [-0.25, -0.2) is 8.42 Å². The van der Waals surface area contributed by atoms with Crippen molar-refractivity contribution in [3.8, 4) is 0 Å². The van der Waals surface area contributed by atoms with Gasteiger partial charge in [-0.3, -0.25) is 14.3 Å². The lowest BCUT2D eigenvalue weighted by molar-refractivity contribution is -0.130. The van der Waals surface area contributed by atoms with Crippen molar-refractivity contribution in [3.63, 3.8) is 0 Å². The molecule has 22 heavy (non-hydrogen) atoms. The van der Waals surface area contributed by atoms with Crippen LogP contribution < -0.4 is 10.0 Å². The Kier molecular flexibility index (Phi) is 5.05. The van der Waals surface area contributed by atoms with E-state index in [4.69, 9.17) is 0 Å². The maximum Gasteiger partial charge on any atom is 0.256 e. The molecule has 0 aliphatic heterocycles.